The zero-order valence-electron chi connectivity index (χ0n) is 8.14. The molecule has 0 aromatic carbocycles. The van der Waals surface area contributed by atoms with Gasteiger partial charge in [0.25, 0.3) is 5.91 Å². The Balaban J connectivity index is 2.11. The maximum Gasteiger partial charge on any atom is 0.272 e. The average molecular weight is 195 g/mol. The van der Waals surface area contributed by atoms with Gasteiger partial charge in [0, 0.05) is 20.1 Å². The number of hydrogen-bond acceptors (Lipinski definition) is 3. The Hall–Kier alpha value is -1.36. The molecule has 0 atom stereocenters. The standard InChI is InChI=1S/C9H13N3O2/c1-11-7-10-6-8(11)9(13)12-2-4-14-5-3-12/h6-7H,2-5H2,1H3. The van der Waals surface area contributed by atoms with Crippen molar-refractivity contribution in [2.24, 2.45) is 7.05 Å². The van der Waals surface area contributed by atoms with Gasteiger partial charge in [-0.3, -0.25) is 4.79 Å². The number of amides is 1. The fraction of sp³-hybridized carbons (Fsp3) is 0.556. The van der Waals surface area contributed by atoms with Gasteiger partial charge < -0.3 is 14.2 Å². The molecule has 2 rings (SSSR count). The zero-order chi connectivity index (χ0) is 9.97. The van der Waals surface area contributed by atoms with Gasteiger partial charge in [-0.05, 0) is 0 Å². The summed E-state index contributed by atoms with van der Waals surface area (Å²) < 4.78 is 6.92. The lowest BCUT2D eigenvalue weighted by Crippen LogP contribution is -2.41. The normalized spacial score (nSPS) is 17.1. The highest BCUT2D eigenvalue weighted by Gasteiger charge is 2.20. The lowest BCUT2D eigenvalue weighted by atomic mass is 10.3. The molecule has 2 heterocycles. The molecule has 1 fully saturated rings. The number of imidazole rings is 1. The van der Waals surface area contributed by atoms with E-state index in [1.807, 2.05) is 7.05 Å². The number of hydrogen-bond donors (Lipinski definition) is 0. The van der Waals surface area contributed by atoms with Crippen molar-refractivity contribution < 1.29 is 9.53 Å². The van der Waals surface area contributed by atoms with E-state index in [0.29, 0.717) is 32.0 Å². The Labute approximate surface area is 82.3 Å². The molecule has 0 aliphatic carbocycles. The van der Waals surface area contributed by atoms with Crippen molar-refractivity contribution in [3.8, 4) is 0 Å². The second-order valence-corrected chi connectivity index (χ2v) is 3.29. The van der Waals surface area contributed by atoms with Crippen LogP contribution in [0.2, 0.25) is 0 Å². The first kappa shape index (κ1) is 9.21. The van der Waals surface area contributed by atoms with Gasteiger partial charge >= 0.3 is 0 Å². The molecular weight excluding hydrogens is 182 g/mol. The van der Waals surface area contributed by atoms with Gasteiger partial charge in [-0.1, -0.05) is 0 Å². The lowest BCUT2D eigenvalue weighted by molar-refractivity contribution is 0.0296. The topological polar surface area (TPSA) is 47.4 Å². The van der Waals surface area contributed by atoms with Crippen LogP contribution in [0.25, 0.3) is 0 Å². The molecular formula is C9H13N3O2. The summed E-state index contributed by atoms with van der Waals surface area (Å²) in [5.74, 6) is 0.0355. The van der Waals surface area contributed by atoms with E-state index in [2.05, 4.69) is 4.98 Å². The molecule has 1 aromatic rings. The number of aryl methyl sites for hydroxylation is 1. The minimum Gasteiger partial charge on any atom is -0.378 e. The monoisotopic (exact) mass is 195 g/mol. The summed E-state index contributed by atoms with van der Waals surface area (Å²) >= 11 is 0. The number of ether oxygens (including phenoxy) is 1. The summed E-state index contributed by atoms with van der Waals surface area (Å²) in [7, 11) is 1.82. The Kier molecular flexibility index (Phi) is 2.49. The van der Waals surface area contributed by atoms with E-state index in [-0.39, 0.29) is 5.91 Å². The third kappa shape index (κ3) is 1.63. The van der Waals surface area contributed by atoms with Crippen LogP contribution in [0.4, 0.5) is 0 Å². The number of morpholine rings is 1. The van der Waals surface area contributed by atoms with Crippen molar-refractivity contribution in [3.05, 3.63) is 18.2 Å². The highest BCUT2D eigenvalue weighted by molar-refractivity contribution is 5.92. The second-order valence-electron chi connectivity index (χ2n) is 3.29. The average Bonchev–Trinajstić information content (AvgIpc) is 2.65. The Bertz CT molecular complexity index is 329. The van der Waals surface area contributed by atoms with Gasteiger partial charge in [-0.15, -0.1) is 0 Å². The van der Waals surface area contributed by atoms with Gasteiger partial charge in [0.1, 0.15) is 5.69 Å². The molecule has 0 radical (unpaired) electrons. The molecule has 0 N–H and O–H groups in total. The Morgan fingerprint density at radius 2 is 2.21 bits per heavy atom. The zero-order valence-corrected chi connectivity index (χ0v) is 8.14. The SMILES string of the molecule is Cn1cncc1C(=O)N1CCOCC1. The summed E-state index contributed by atoms with van der Waals surface area (Å²) in [4.78, 5) is 17.6. The summed E-state index contributed by atoms with van der Waals surface area (Å²) in [6, 6.07) is 0. The van der Waals surface area contributed by atoms with Gasteiger partial charge in [-0.25, -0.2) is 4.98 Å². The smallest absolute Gasteiger partial charge is 0.272 e. The van der Waals surface area contributed by atoms with Crippen LogP contribution in [0.1, 0.15) is 10.5 Å². The van der Waals surface area contributed by atoms with Crippen LogP contribution >= 0.6 is 0 Å². The van der Waals surface area contributed by atoms with Gasteiger partial charge in [-0.2, -0.15) is 0 Å². The van der Waals surface area contributed by atoms with Crippen molar-refractivity contribution in [2.45, 2.75) is 0 Å². The van der Waals surface area contributed by atoms with Crippen molar-refractivity contribution in [1.29, 1.82) is 0 Å². The van der Waals surface area contributed by atoms with Gasteiger partial charge in [0.2, 0.25) is 0 Å². The summed E-state index contributed by atoms with van der Waals surface area (Å²) in [5, 5.41) is 0. The predicted molar refractivity (Wildman–Crippen MR) is 49.9 cm³/mol. The second kappa shape index (κ2) is 3.79. The molecule has 1 saturated heterocycles. The van der Waals surface area contributed by atoms with Crippen LogP contribution < -0.4 is 0 Å². The van der Waals surface area contributed by atoms with Crippen LogP contribution in [-0.2, 0) is 11.8 Å². The molecule has 76 valence electrons. The highest BCUT2D eigenvalue weighted by atomic mass is 16.5. The molecule has 0 unspecified atom stereocenters. The maximum absolute atomic E-state index is 11.9. The van der Waals surface area contributed by atoms with E-state index >= 15 is 0 Å². The first-order chi connectivity index (χ1) is 6.79. The molecule has 5 nitrogen and oxygen atoms in total. The number of rotatable bonds is 1. The predicted octanol–water partition coefficient (Wildman–Crippen LogP) is -0.108. The number of carbonyl (C=O) groups is 1. The number of carbonyl (C=O) groups excluding carboxylic acids is 1. The first-order valence-corrected chi connectivity index (χ1v) is 4.62. The van der Waals surface area contributed by atoms with E-state index < -0.39 is 0 Å². The van der Waals surface area contributed by atoms with Crippen molar-refractivity contribution in [3.63, 3.8) is 0 Å². The van der Waals surface area contributed by atoms with E-state index in [9.17, 15) is 4.79 Å². The van der Waals surface area contributed by atoms with Crippen LogP contribution in [0.5, 0.6) is 0 Å². The minimum atomic E-state index is 0.0355. The van der Waals surface area contributed by atoms with Crippen LogP contribution in [0.3, 0.4) is 0 Å². The fourth-order valence-electron chi connectivity index (χ4n) is 1.49. The summed E-state index contributed by atoms with van der Waals surface area (Å²) in [6.45, 7) is 2.60. The number of nitrogens with zero attached hydrogens (tertiary/aromatic N) is 3. The molecule has 0 bridgehead atoms. The molecule has 0 saturated carbocycles. The molecule has 1 aliphatic heterocycles. The molecule has 1 aromatic heterocycles. The summed E-state index contributed by atoms with van der Waals surface area (Å²) in [5.41, 5.74) is 0.631. The highest BCUT2D eigenvalue weighted by Crippen LogP contribution is 2.05. The van der Waals surface area contributed by atoms with E-state index in [1.165, 1.54) is 0 Å². The largest absolute Gasteiger partial charge is 0.378 e. The summed E-state index contributed by atoms with van der Waals surface area (Å²) in [6.07, 6.45) is 3.23. The van der Waals surface area contributed by atoms with Crippen molar-refractivity contribution >= 4 is 5.91 Å². The molecule has 14 heavy (non-hydrogen) atoms. The quantitative estimate of drug-likeness (QED) is 0.628. The third-order valence-electron chi connectivity index (χ3n) is 2.33. The minimum absolute atomic E-state index is 0.0355. The maximum atomic E-state index is 11.9. The van der Waals surface area contributed by atoms with E-state index in [4.69, 9.17) is 4.74 Å². The lowest BCUT2D eigenvalue weighted by Gasteiger charge is -2.26. The van der Waals surface area contributed by atoms with Crippen LogP contribution in [-0.4, -0.2) is 46.7 Å². The molecule has 1 aliphatic rings. The Morgan fingerprint density at radius 3 is 2.79 bits per heavy atom. The van der Waals surface area contributed by atoms with Crippen molar-refractivity contribution in [2.75, 3.05) is 26.3 Å². The number of aromatic nitrogens is 2. The van der Waals surface area contributed by atoms with E-state index in [0.717, 1.165) is 0 Å². The fourth-order valence-corrected chi connectivity index (χ4v) is 1.49. The van der Waals surface area contributed by atoms with Gasteiger partial charge in [0.15, 0.2) is 0 Å². The Morgan fingerprint density at radius 1 is 1.50 bits per heavy atom. The molecule has 5 heteroatoms. The van der Waals surface area contributed by atoms with Crippen LogP contribution in [0, 0.1) is 0 Å². The third-order valence-corrected chi connectivity index (χ3v) is 2.33. The first-order valence-electron chi connectivity index (χ1n) is 4.62. The van der Waals surface area contributed by atoms with Crippen molar-refractivity contribution in [1.82, 2.24) is 14.5 Å². The van der Waals surface area contributed by atoms with Gasteiger partial charge in [0.05, 0.1) is 25.7 Å². The van der Waals surface area contributed by atoms with Crippen LogP contribution in [0.15, 0.2) is 12.5 Å². The molecule has 1 amide bonds. The van der Waals surface area contributed by atoms with E-state index in [1.54, 1.807) is 22.0 Å². The molecule has 0 spiro atoms.